The fourth-order valence-corrected chi connectivity index (χ4v) is 4.08. The smallest absolute Gasteiger partial charge is 0.124 e. The molecule has 0 bridgehead atoms. The van der Waals surface area contributed by atoms with Gasteiger partial charge in [-0.3, -0.25) is 0 Å². The Labute approximate surface area is 174 Å². The van der Waals surface area contributed by atoms with Crippen molar-refractivity contribution in [2.24, 2.45) is 0 Å². The molecule has 0 aromatic heterocycles. The van der Waals surface area contributed by atoms with Gasteiger partial charge in [0.25, 0.3) is 0 Å². The first-order valence-electron chi connectivity index (χ1n) is 9.20. The van der Waals surface area contributed by atoms with Gasteiger partial charge < -0.3 is 10.1 Å². The molecule has 2 nitrogen and oxygen atoms in total. The van der Waals surface area contributed by atoms with E-state index in [0.717, 1.165) is 22.3 Å². The first-order chi connectivity index (χ1) is 12.6. The van der Waals surface area contributed by atoms with Crippen LogP contribution in [0.15, 0.2) is 40.9 Å². The molecule has 1 N–H and O–H groups in total. The van der Waals surface area contributed by atoms with Crippen molar-refractivity contribution >= 4 is 39.1 Å². The summed E-state index contributed by atoms with van der Waals surface area (Å²) in [4.78, 5) is 0. The van der Waals surface area contributed by atoms with Gasteiger partial charge in [-0.05, 0) is 48.7 Å². The van der Waals surface area contributed by atoms with E-state index in [9.17, 15) is 0 Å². The molecule has 140 valence electrons. The van der Waals surface area contributed by atoms with Crippen molar-refractivity contribution in [1.82, 2.24) is 5.32 Å². The molecule has 0 atom stereocenters. The van der Waals surface area contributed by atoms with Crippen molar-refractivity contribution in [3.63, 3.8) is 0 Å². The second kappa shape index (κ2) is 9.98. The lowest BCUT2D eigenvalue weighted by molar-refractivity contribution is 0.301. The van der Waals surface area contributed by atoms with Gasteiger partial charge >= 0.3 is 0 Å². The van der Waals surface area contributed by atoms with Gasteiger partial charge in [-0.25, -0.2) is 0 Å². The zero-order valence-electron chi connectivity index (χ0n) is 14.7. The molecule has 5 heteroatoms. The quantitative estimate of drug-likeness (QED) is 0.466. The largest absolute Gasteiger partial charge is 0.489 e. The van der Waals surface area contributed by atoms with Crippen LogP contribution in [0.5, 0.6) is 5.75 Å². The molecule has 1 fully saturated rings. The van der Waals surface area contributed by atoms with E-state index in [1.54, 1.807) is 6.07 Å². The van der Waals surface area contributed by atoms with Gasteiger partial charge in [0.2, 0.25) is 0 Å². The normalized spacial score (nSPS) is 15.7. The fraction of sp³-hybridized carbons (Fsp3) is 0.429. The number of nitrogens with one attached hydrogen (secondary N) is 1. The highest BCUT2D eigenvalue weighted by Gasteiger charge is 2.13. The number of rotatable bonds is 6. The lowest BCUT2D eigenvalue weighted by atomic mass is 10.1. The van der Waals surface area contributed by atoms with Crippen LogP contribution in [-0.4, -0.2) is 6.04 Å². The van der Waals surface area contributed by atoms with Gasteiger partial charge in [-0.1, -0.05) is 70.9 Å². The van der Waals surface area contributed by atoms with Gasteiger partial charge in [0.1, 0.15) is 12.4 Å². The number of hydrogen-bond acceptors (Lipinski definition) is 2. The van der Waals surface area contributed by atoms with Crippen LogP contribution in [0.2, 0.25) is 10.0 Å². The molecule has 1 aliphatic carbocycles. The van der Waals surface area contributed by atoms with Crippen LogP contribution >= 0.6 is 39.1 Å². The standard InChI is InChI=1S/C21H24BrCl2NO/c22-17-8-10-21(26-14-15-7-9-19(23)20(24)11-15)16(12-17)13-25-18-5-3-1-2-4-6-18/h7-12,18,25H,1-6,13-14H2. The van der Waals surface area contributed by atoms with Crippen molar-refractivity contribution in [2.45, 2.75) is 57.7 Å². The molecule has 0 aliphatic heterocycles. The first-order valence-corrected chi connectivity index (χ1v) is 10.8. The molecule has 3 rings (SSSR count). The maximum absolute atomic E-state index is 6.09. The summed E-state index contributed by atoms with van der Waals surface area (Å²) in [5.74, 6) is 0.903. The zero-order valence-corrected chi connectivity index (χ0v) is 17.8. The first kappa shape index (κ1) is 20.0. The molecule has 0 spiro atoms. The van der Waals surface area contributed by atoms with Crippen LogP contribution in [-0.2, 0) is 13.2 Å². The van der Waals surface area contributed by atoms with Crippen LogP contribution in [0, 0.1) is 0 Å². The third kappa shape index (κ3) is 5.88. The maximum Gasteiger partial charge on any atom is 0.124 e. The van der Waals surface area contributed by atoms with E-state index in [-0.39, 0.29) is 0 Å². The molecule has 0 amide bonds. The molecule has 0 radical (unpaired) electrons. The van der Waals surface area contributed by atoms with Gasteiger partial charge in [-0.15, -0.1) is 0 Å². The Morgan fingerprint density at radius 1 is 0.962 bits per heavy atom. The SMILES string of the molecule is Clc1ccc(COc2ccc(Br)cc2CNC2CCCCCC2)cc1Cl. The Bertz CT molecular complexity index is 730. The lowest BCUT2D eigenvalue weighted by Crippen LogP contribution is -2.28. The summed E-state index contributed by atoms with van der Waals surface area (Å²) in [6.07, 6.45) is 7.94. The number of halogens is 3. The number of ether oxygens (including phenoxy) is 1. The minimum atomic E-state index is 0.467. The minimum absolute atomic E-state index is 0.467. The third-order valence-corrected chi connectivity index (χ3v) is 6.07. The molecule has 0 heterocycles. The van der Waals surface area contributed by atoms with E-state index in [2.05, 4.69) is 27.3 Å². The topological polar surface area (TPSA) is 21.3 Å². The van der Waals surface area contributed by atoms with E-state index >= 15 is 0 Å². The van der Waals surface area contributed by atoms with Crippen molar-refractivity contribution in [3.8, 4) is 5.75 Å². The van der Waals surface area contributed by atoms with Gasteiger partial charge in [0.15, 0.2) is 0 Å². The molecule has 0 saturated heterocycles. The van der Waals surface area contributed by atoms with Gasteiger partial charge in [0.05, 0.1) is 10.0 Å². The van der Waals surface area contributed by atoms with E-state index in [4.69, 9.17) is 27.9 Å². The van der Waals surface area contributed by atoms with Crippen LogP contribution < -0.4 is 10.1 Å². The summed E-state index contributed by atoms with van der Waals surface area (Å²) in [5, 5.41) is 4.84. The van der Waals surface area contributed by atoms with Crippen molar-refractivity contribution in [2.75, 3.05) is 0 Å². The van der Waals surface area contributed by atoms with Gasteiger partial charge in [-0.2, -0.15) is 0 Å². The maximum atomic E-state index is 6.09. The van der Waals surface area contributed by atoms with E-state index in [0.29, 0.717) is 22.7 Å². The molecule has 0 unspecified atom stereocenters. The summed E-state index contributed by atoms with van der Waals surface area (Å²) >= 11 is 15.6. The summed E-state index contributed by atoms with van der Waals surface area (Å²) in [6.45, 7) is 1.29. The summed E-state index contributed by atoms with van der Waals surface area (Å²) < 4.78 is 7.14. The average Bonchev–Trinajstić information content (AvgIpc) is 2.91. The number of hydrogen-bond donors (Lipinski definition) is 1. The Hall–Kier alpha value is -0.740. The second-order valence-corrected chi connectivity index (χ2v) is 8.59. The Morgan fingerprint density at radius 2 is 1.73 bits per heavy atom. The molecule has 2 aromatic carbocycles. The van der Waals surface area contributed by atoms with Crippen molar-refractivity contribution in [3.05, 3.63) is 62.0 Å². The fourth-order valence-electron chi connectivity index (χ4n) is 3.36. The predicted molar refractivity (Wildman–Crippen MR) is 113 cm³/mol. The summed E-state index contributed by atoms with van der Waals surface area (Å²) in [5.41, 5.74) is 2.17. The minimum Gasteiger partial charge on any atom is -0.489 e. The molecule has 2 aromatic rings. The molecule has 1 aliphatic rings. The zero-order chi connectivity index (χ0) is 18.4. The molecular formula is C21H24BrCl2NO. The predicted octanol–water partition coefficient (Wildman–Crippen LogP) is 7.15. The number of benzene rings is 2. The Balaban J connectivity index is 1.64. The highest BCUT2D eigenvalue weighted by molar-refractivity contribution is 9.10. The second-order valence-electron chi connectivity index (χ2n) is 6.86. The summed E-state index contributed by atoms with van der Waals surface area (Å²) in [7, 11) is 0. The van der Waals surface area contributed by atoms with Crippen molar-refractivity contribution in [1.29, 1.82) is 0 Å². The average molecular weight is 457 g/mol. The third-order valence-electron chi connectivity index (χ3n) is 4.84. The monoisotopic (exact) mass is 455 g/mol. The summed E-state index contributed by atoms with van der Waals surface area (Å²) in [6, 6.07) is 12.4. The van der Waals surface area contributed by atoms with Crippen molar-refractivity contribution < 1.29 is 4.74 Å². The van der Waals surface area contributed by atoms with Crippen LogP contribution in [0.1, 0.15) is 49.7 Å². The van der Waals surface area contributed by atoms with Crippen LogP contribution in [0.25, 0.3) is 0 Å². The Kier molecular flexibility index (Phi) is 7.68. The Morgan fingerprint density at radius 3 is 2.46 bits per heavy atom. The van der Waals surface area contributed by atoms with Crippen LogP contribution in [0.4, 0.5) is 0 Å². The molecule has 1 saturated carbocycles. The highest BCUT2D eigenvalue weighted by Crippen LogP contribution is 2.27. The highest BCUT2D eigenvalue weighted by atomic mass is 79.9. The molecular weight excluding hydrogens is 433 g/mol. The van der Waals surface area contributed by atoms with E-state index in [1.165, 1.54) is 44.1 Å². The van der Waals surface area contributed by atoms with E-state index in [1.807, 2.05) is 24.3 Å². The molecule has 26 heavy (non-hydrogen) atoms. The van der Waals surface area contributed by atoms with Crippen LogP contribution in [0.3, 0.4) is 0 Å². The van der Waals surface area contributed by atoms with E-state index < -0.39 is 0 Å². The van der Waals surface area contributed by atoms with Gasteiger partial charge in [0, 0.05) is 22.6 Å². The lowest BCUT2D eigenvalue weighted by Gasteiger charge is -2.18.